The summed E-state index contributed by atoms with van der Waals surface area (Å²) in [5, 5.41) is 14.7. The lowest BCUT2D eigenvalue weighted by Crippen LogP contribution is -2.40. The maximum absolute atomic E-state index is 12.2. The van der Waals surface area contributed by atoms with Crippen molar-refractivity contribution in [2.75, 3.05) is 5.32 Å². The van der Waals surface area contributed by atoms with Gasteiger partial charge < -0.3 is 15.7 Å². The van der Waals surface area contributed by atoms with Crippen molar-refractivity contribution in [1.29, 1.82) is 0 Å². The number of hydrogen-bond acceptors (Lipinski definition) is 5. The number of hydrogen-bond donors (Lipinski definition) is 3. The monoisotopic (exact) mass is 342 g/mol. The van der Waals surface area contributed by atoms with Crippen LogP contribution in [0.2, 0.25) is 0 Å². The lowest BCUT2D eigenvalue weighted by Gasteiger charge is -2.13. The van der Waals surface area contributed by atoms with Crippen LogP contribution < -0.4 is 10.6 Å². The van der Waals surface area contributed by atoms with Crippen molar-refractivity contribution in [3.05, 3.63) is 47.3 Å². The molecule has 2 aromatic rings. The van der Waals surface area contributed by atoms with Gasteiger partial charge in [-0.3, -0.25) is 4.79 Å². The molecule has 0 aliphatic heterocycles. The first kappa shape index (κ1) is 18.4. The number of aliphatic carboxylic acids is 1. The zero-order valence-electron chi connectivity index (χ0n) is 14.5. The van der Waals surface area contributed by atoms with Crippen molar-refractivity contribution >= 4 is 23.5 Å². The van der Waals surface area contributed by atoms with Crippen LogP contribution in [0.3, 0.4) is 0 Å². The van der Waals surface area contributed by atoms with Crippen molar-refractivity contribution in [2.24, 2.45) is 0 Å². The Morgan fingerprint density at radius 1 is 1.12 bits per heavy atom. The van der Waals surface area contributed by atoms with Gasteiger partial charge in [-0.15, -0.1) is 0 Å². The quantitative estimate of drug-likeness (QED) is 0.715. The molecule has 0 saturated heterocycles. The minimum absolute atomic E-state index is 0.394. The van der Waals surface area contributed by atoms with E-state index in [1.165, 1.54) is 0 Å². The first-order valence-electron chi connectivity index (χ1n) is 8.12. The van der Waals surface area contributed by atoms with Crippen molar-refractivity contribution in [3.8, 4) is 0 Å². The second-order valence-electron chi connectivity index (χ2n) is 5.83. The van der Waals surface area contributed by atoms with E-state index in [-0.39, 0.29) is 0 Å². The molecule has 1 heterocycles. The van der Waals surface area contributed by atoms with Crippen LogP contribution in [-0.2, 0) is 4.79 Å². The summed E-state index contributed by atoms with van der Waals surface area (Å²) in [5.41, 5.74) is 2.86. The predicted octanol–water partition coefficient (Wildman–Crippen LogP) is 2.82. The van der Waals surface area contributed by atoms with E-state index in [9.17, 15) is 9.59 Å². The highest BCUT2D eigenvalue weighted by Gasteiger charge is 2.19. The third-order valence-corrected chi connectivity index (χ3v) is 3.57. The molecular formula is C18H22N4O3. The first-order valence-corrected chi connectivity index (χ1v) is 8.12. The summed E-state index contributed by atoms with van der Waals surface area (Å²) < 4.78 is 0. The molecule has 0 saturated carbocycles. The van der Waals surface area contributed by atoms with Gasteiger partial charge in [0, 0.05) is 22.6 Å². The average Bonchev–Trinajstić information content (AvgIpc) is 2.54. The van der Waals surface area contributed by atoms with Crippen LogP contribution in [0, 0.1) is 13.8 Å². The summed E-state index contributed by atoms with van der Waals surface area (Å²) in [5.74, 6) is -0.945. The third kappa shape index (κ3) is 5.27. The molecule has 1 atom stereocenters. The molecule has 1 amide bonds. The van der Waals surface area contributed by atoms with Gasteiger partial charge >= 0.3 is 5.97 Å². The van der Waals surface area contributed by atoms with Gasteiger partial charge in [0.15, 0.2) is 0 Å². The van der Waals surface area contributed by atoms with Gasteiger partial charge in [-0.1, -0.05) is 13.3 Å². The number of amides is 1. The van der Waals surface area contributed by atoms with Gasteiger partial charge in [-0.05, 0) is 50.6 Å². The van der Waals surface area contributed by atoms with Crippen molar-refractivity contribution in [2.45, 2.75) is 39.7 Å². The van der Waals surface area contributed by atoms with Crippen LogP contribution in [0.25, 0.3) is 0 Å². The van der Waals surface area contributed by atoms with Gasteiger partial charge in [0.05, 0.1) is 0 Å². The van der Waals surface area contributed by atoms with Gasteiger partial charge in [0.25, 0.3) is 5.91 Å². The summed E-state index contributed by atoms with van der Waals surface area (Å²) in [7, 11) is 0. The Morgan fingerprint density at radius 2 is 1.72 bits per heavy atom. The summed E-state index contributed by atoms with van der Waals surface area (Å²) in [4.78, 5) is 31.9. The summed E-state index contributed by atoms with van der Waals surface area (Å²) in [6.45, 7) is 5.66. The molecule has 1 aromatic heterocycles. The minimum Gasteiger partial charge on any atom is -0.480 e. The van der Waals surface area contributed by atoms with Crippen LogP contribution in [0.5, 0.6) is 0 Å². The van der Waals surface area contributed by atoms with Crippen LogP contribution in [0.1, 0.15) is 41.5 Å². The fourth-order valence-corrected chi connectivity index (χ4v) is 2.40. The molecule has 0 aliphatic carbocycles. The molecule has 0 bridgehead atoms. The first-order chi connectivity index (χ1) is 11.9. The average molecular weight is 342 g/mol. The molecule has 3 N–H and O–H groups in total. The molecule has 0 radical (unpaired) electrons. The topological polar surface area (TPSA) is 104 Å². The van der Waals surface area contributed by atoms with E-state index in [1.54, 1.807) is 24.3 Å². The molecule has 7 nitrogen and oxygen atoms in total. The highest BCUT2D eigenvalue weighted by molar-refractivity contribution is 5.96. The molecule has 0 spiro atoms. The number of carbonyl (C=O) groups excluding carboxylic acids is 1. The van der Waals surface area contributed by atoms with E-state index in [0.717, 1.165) is 17.1 Å². The highest BCUT2D eigenvalue weighted by atomic mass is 16.4. The van der Waals surface area contributed by atoms with Crippen molar-refractivity contribution in [1.82, 2.24) is 15.3 Å². The van der Waals surface area contributed by atoms with E-state index < -0.39 is 17.9 Å². The van der Waals surface area contributed by atoms with Gasteiger partial charge in [0.2, 0.25) is 5.95 Å². The van der Waals surface area contributed by atoms with Gasteiger partial charge in [-0.2, -0.15) is 0 Å². The number of aryl methyl sites for hydroxylation is 2. The fourth-order valence-electron chi connectivity index (χ4n) is 2.40. The number of aromatic nitrogens is 2. The number of carboxylic acid groups (broad SMARTS) is 1. The summed E-state index contributed by atoms with van der Waals surface area (Å²) >= 11 is 0. The molecular weight excluding hydrogens is 320 g/mol. The van der Waals surface area contributed by atoms with Crippen LogP contribution in [-0.4, -0.2) is 33.0 Å². The number of carbonyl (C=O) groups is 2. The van der Waals surface area contributed by atoms with E-state index in [4.69, 9.17) is 5.11 Å². The molecule has 0 aliphatic rings. The van der Waals surface area contributed by atoms with E-state index in [1.807, 2.05) is 26.8 Å². The van der Waals surface area contributed by atoms with Gasteiger partial charge in [-0.25, -0.2) is 14.8 Å². The van der Waals surface area contributed by atoms with Crippen molar-refractivity contribution < 1.29 is 14.7 Å². The summed E-state index contributed by atoms with van der Waals surface area (Å²) in [6.07, 6.45) is 1.07. The van der Waals surface area contributed by atoms with E-state index in [0.29, 0.717) is 24.4 Å². The molecule has 25 heavy (non-hydrogen) atoms. The normalized spacial score (nSPS) is 11.6. The van der Waals surface area contributed by atoms with E-state index in [2.05, 4.69) is 20.6 Å². The number of rotatable bonds is 7. The highest BCUT2D eigenvalue weighted by Crippen LogP contribution is 2.15. The maximum atomic E-state index is 12.2. The molecule has 2 rings (SSSR count). The third-order valence-electron chi connectivity index (χ3n) is 3.57. The number of nitrogens with one attached hydrogen (secondary N) is 2. The molecule has 1 unspecified atom stereocenters. The number of nitrogens with zero attached hydrogens (tertiary/aromatic N) is 2. The number of carboxylic acids is 1. The molecule has 1 aromatic carbocycles. The lowest BCUT2D eigenvalue weighted by atomic mass is 10.1. The zero-order valence-corrected chi connectivity index (χ0v) is 14.5. The SMILES string of the molecule is CCCC(NC(=O)c1ccc(Nc2nc(C)cc(C)n2)cc1)C(=O)O. The second-order valence-corrected chi connectivity index (χ2v) is 5.83. The largest absolute Gasteiger partial charge is 0.480 e. The van der Waals surface area contributed by atoms with Crippen LogP contribution in [0.15, 0.2) is 30.3 Å². The lowest BCUT2D eigenvalue weighted by molar-refractivity contribution is -0.139. The number of anilines is 2. The van der Waals surface area contributed by atoms with Crippen molar-refractivity contribution in [3.63, 3.8) is 0 Å². The summed E-state index contributed by atoms with van der Waals surface area (Å²) in [6, 6.07) is 7.72. The molecule has 132 valence electrons. The Labute approximate surface area is 146 Å². The van der Waals surface area contributed by atoms with Crippen LogP contribution >= 0.6 is 0 Å². The standard InChI is InChI=1S/C18H22N4O3/c1-4-5-15(17(24)25)22-16(23)13-6-8-14(9-7-13)21-18-19-11(2)10-12(3)20-18/h6-10,15H,4-5H2,1-3H3,(H,22,23)(H,24,25)(H,19,20,21). The fraction of sp³-hybridized carbons (Fsp3) is 0.333. The van der Waals surface area contributed by atoms with Gasteiger partial charge in [0.1, 0.15) is 6.04 Å². The Kier molecular flexibility index (Phi) is 6.05. The Balaban J connectivity index is 2.05. The van der Waals surface area contributed by atoms with E-state index >= 15 is 0 Å². The molecule has 7 heteroatoms. The predicted molar refractivity (Wildman–Crippen MR) is 95.0 cm³/mol. The Morgan fingerprint density at radius 3 is 2.24 bits per heavy atom. The number of benzene rings is 1. The minimum atomic E-state index is -1.03. The zero-order chi connectivity index (χ0) is 18.4. The Hall–Kier alpha value is -2.96. The molecule has 0 fully saturated rings. The second kappa shape index (κ2) is 8.23. The Bertz CT molecular complexity index is 739. The smallest absolute Gasteiger partial charge is 0.326 e. The maximum Gasteiger partial charge on any atom is 0.326 e. The van der Waals surface area contributed by atoms with Crippen LogP contribution in [0.4, 0.5) is 11.6 Å².